The van der Waals surface area contributed by atoms with Gasteiger partial charge in [0.25, 0.3) is 11.5 Å². The van der Waals surface area contributed by atoms with Crippen molar-refractivity contribution in [3.05, 3.63) is 81.4 Å². The van der Waals surface area contributed by atoms with E-state index in [1.165, 1.54) is 17.8 Å². The first-order chi connectivity index (χ1) is 15.4. The number of benzene rings is 2. The minimum atomic E-state index is -0.590. The molecule has 164 valence electrons. The quantitative estimate of drug-likeness (QED) is 0.372. The summed E-state index contributed by atoms with van der Waals surface area (Å²) in [6.07, 6.45) is 0.0843. The van der Waals surface area contributed by atoms with Gasteiger partial charge in [0.05, 0.1) is 5.56 Å². The Labute approximate surface area is 186 Å². The third-order valence-corrected chi connectivity index (χ3v) is 5.84. The number of rotatable bonds is 7. The number of ether oxygens (including phenoxy) is 1. The number of hydrogen-bond donors (Lipinski definition) is 3. The zero-order chi connectivity index (χ0) is 22.7. The van der Waals surface area contributed by atoms with Crippen molar-refractivity contribution in [1.29, 1.82) is 0 Å². The maximum atomic E-state index is 13.9. The highest BCUT2D eigenvalue weighted by atomic mass is 32.2. The van der Waals surface area contributed by atoms with Crippen LogP contribution in [0.4, 0.5) is 10.2 Å². The summed E-state index contributed by atoms with van der Waals surface area (Å²) >= 11 is 1.17. The van der Waals surface area contributed by atoms with Crippen LogP contribution in [0.3, 0.4) is 0 Å². The Kier molecular flexibility index (Phi) is 6.22. The summed E-state index contributed by atoms with van der Waals surface area (Å²) in [4.78, 5) is 43.2. The molecule has 0 saturated carbocycles. The summed E-state index contributed by atoms with van der Waals surface area (Å²) in [5.41, 5.74) is 6.27. The number of nitrogens with one attached hydrogen (secondary N) is 2. The maximum absolute atomic E-state index is 13.9. The number of nitrogens with zero attached hydrogens (tertiary/aromatic N) is 1. The molecule has 0 bridgehead atoms. The molecule has 10 heteroatoms. The van der Waals surface area contributed by atoms with Crippen molar-refractivity contribution in [3.63, 3.8) is 0 Å². The Morgan fingerprint density at radius 3 is 2.66 bits per heavy atom. The van der Waals surface area contributed by atoms with E-state index in [1.54, 1.807) is 42.5 Å². The number of fused-ring (bicyclic) bond motifs is 1. The number of primary amides is 1. The molecule has 1 atom stereocenters. The molecule has 2 amide bonds. The second-order valence-electron chi connectivity index (χ2n) is 7.14. The lowest BCUT2D eigenvalue weighted by atomic mass is 9.87. The molecule has 2 heterocycles. The number of hydrogen-bond acceptors (Lipinski definition) is 6. The van der Waals surface area contributed by atoms with Crippen molar-refractivity contribution >= 4 is 29.4 Å². The zero-order valence-corrected chi connectivity index (χ0v) is 17.6. The van der Waals surface area contributed by atoms with Crippen LogP contribution in [0.2, 0.25) is 0 Å². The highest BCUT2D eigenvalue weighted by Crippen LogP contribution is 2.35. The van der Waals surface area contributed by atoms with Crippen molar-refractivity contribution in [2.75, 3.05) is 11.9 Å². The van der Waals surface area contributed by atoms with E-state index in [0.29, 0.717) is 16.9 Å². The van der Waals surface area contributed by atoms with Gasteiger partial charge in [-0.2, -0.15) is 0 Å². The molecule has 4 N–H and O–H groups in total. The van der Waals surface area contributed by atoms with Gasteiger partial charge < -0.3 is 20.8 Å². The van der Waals surface area contributed by atoms with Crippen LogP contribution in [0.1, 0.15) is 29.0 Å². The Morgan fingerprint density at radius 2 is 1.94 bits per heavy atom. The third-order valence-electron chi connectivity index (χ3n) is 4.92. The lowest BCUT2D eigenvalue weighted by Gasteiger charge is -2.24. The van der Waals surface area contributed by atoms with E-state index < -0.39 is 11.8 Å². The van der Waals surface area contributed by atoms with Crippen LogP contribution >= 0.6 is 11.8 Å². The van der Waals surface area contributed by atoms with Crippen LogP contribution < -0.4 is 21.3 Å². The van der Waals surface area contributed by atoms with Crippen LogP contribution in [0.25, 0.3) is 0 Å². The monoisotopic (exact) mass is 454 g/mol. The molecule has 0 spiro atoms. The summed E-state index contributed by atoms with van der Waals surface area (Å²) in [5, 5.41) is 2.95. The highest BCUT2D eigenvalue weighted by molar-refractivity contribution is 7.98. The van der Waals surface area contributed by atoms with Gasteiger partial charge in [0, 0.05) is 18.1 Å². The maximum Gasteiger partial charge on any atom is 0.257 e. The van der Waals surface area contributed by atoms with Crippen molar-refractivity contribution in [1.82, 2.24) is 9.97 Å². The Bertz CT molecular complexity index is 1230. The molecule has 3 aromatic rings. The standard InChI is InChI=1S/C22H19FN4O4S/c23-16-4-2-1-3-13(16)11-32-22-26-20-19(21(30)27-22)15(9-18(29)25-20)12-5-7-14(8-6-12)31-10-17(24)28/h1-8,15H,9-11H2,(H2,24,28)(H2,25,26,27,29,30)/t15-/m1/s1. The van der Waals surface area contributed by atoms with Crippen LogP contribution in [-0.2, 0) is 15.3 Å². The fraction of sp³-hybridized carbons (Fsp3) is 0.182. The zero-order valence-electron chi connectivity index (χ0n) is 16.8. The van der Waals surface area contributed by atoms with Crippen LogP contribution in [0.5, 0.6) is 5.75 Å². The molecular formula is C22H19FN4O4S. The van der Waals surface area contributed by atoms with Crippen LogP contribution in [0.15, 0.2) is 58.5 Å². The minimum absolute atomic E-state index is 0.0843. The Balaban J connectivity index is 1.58. The predicted octanol–water partition coefficient (Wildman–Crippen LogP) is 2.54. The van der Waals surface area contributed by atoms with Crippen molar-refractivity contribution < 1.29 is 18.7 Å². The molecule has 0 fully saturated rings. The van der Waals surface area contributed by atoms with E-state index in [9.17, 15) is 18.8 Å². The molecule has 8 nitrogen and oxygen atoms in total. The average Bonchev–Trinajstić information content (AvgIpc) is 2.76. The van der Waals surface area contributed by atoms with E-state index in [0.717, 1.165) is 5.56 Å². The Morgan fingerprint density at radius 1 is 1.19 bits per heavy atom. The topological polar surface area (TPSA) is 127 Å². The highest BCUT2D eigenvalue weighted by Gasteiger charge is 2.31. The van der Waals surface area contributed by atoms with E-state index in [4.69, 9.17) is 10.5 Å². The van der Waals surface area contributed by atoms with E-state index in [2.05, 4.69) is 15.3 Å². The second-order valence-corrected chi connectivity index (χ2v) is 8.11. The molecular weight excluding hydrogens is 435 g/mol. The summed E-state index contributed by atoms with van der Waals surface area (Å²) in [6, 6.07) is 13.1. The summed E-state index contributed by atoms with van der Waals surface area (Å²) in [6.45, 7) is -0.245. The van der Waals surface area contributed by atoms with Gasteiger partial charge in [0.2, 0.25) is 5.91 Å². The van der Waals surface area contributed by atoms with Gasteiger partial charge in [0.1, 0.15) is 17.4 Å². The molecule has 0 radical (unpaired) electrons. The van der Waals surface area contributed by atoms with Gasteiger partial charge in [-0.05, 0) is 29.3 Å². The van der Waals surface area contributed by atoms with Gasteiger partial charge in [0.15, 0.2) is 11.8 Å². The first-order valence-electron chi connectivity index (χ1n) is 9.72. The van der Waals surface area contributed by atoms with Gasteiger partial charge >= 0.3 is 0 Å². The normalized spacial score (nSPS) is 15.0. The number of H-pyrrole nitrogens is 1. The van der Waals surface area contributed by atoms with E-state index in [1.807, 2.05) is 0 Å². The van der Waals surface area contributed by atoms with Crippen molar-refractivity contribution in [3.8, 4) is 5.75 Å². The lowest BCUT2D eigenvalue weighted by Crippen LogP contribution is -2.31. The Hall–Kier alpha value is -3.66. The number of anilines is 1. The minimum Gasteiger partial charge on any atom is -0.484 e. The van der Waals surface area contributed by atoms with Crippen LogP contribution in [-0.4, -0.2) is 28.4 Å². The molecule has 1 aliphatic rings. The average molecular weight is 454 g/mol. The fourth-order valence-corrected chi connectivity index (χ4v) is 4.26. The summed E-state index contributed by atoms with van der Waals surface area (Å²) in [5.74, 6) is -0.769. The van der Waals surface area contributed by atoms with Gasteiger partial charge in [-0.15, -0.1) is 0 Å². The molecule has 0 aliphatic carbocycles. The predicted molar refractivity (Wildman–Crippen MR) is 117 cm³/mol. The van der Waals surface area contributed by atoms with E-state index >= 15 is 0 Å². The molecule has 1 aromatic heterocycles. The molecule has 1 aliphatic heterocycles. The number of thioether (sulfide) groups is 1. The molecule has 0 saturated heterocycles. The number of carbonyl (C=O) groups excluding carboxylic acids is 2. The smallest absolute Gasteiger partial charge is 0.257 e. The number of aromatic amines is 1. The lowest BCUT2D eigenvalue weighted by molar-refractivity contribution is -0.120. The fourth-order valence-electron chi connectivity index (χ4n) is 3.42. The first kappa shape index (κ1) is 21.6. The van der Waals surface area contributed by atoms with Gasteiger partial charge in [-0.25, -0.2) is 9.37 Å². The van der Waals surface area contributed by atoms with E-state index in [-0.39, 0.29) is 47.0 Å². The second kappa shape index (κ2) is 9.23. The van der Waals surface area contributed by atoms with Crippen molar-refractivity contribution in [2.24, 2.45) is 5.73 Å². The largest absolute Gasteiger partial charge is 0.484 e. The summed E-state index contributed by atoms with van der Waals surface area (Å²) in [7, 11) is 0. The summed E-state index contributed by atoms with van der Waals surface area (Å²) < 4.78 is 19.1. The number of halogens is 1. The SMILES string of the molecule is NC(=O)COc1ccc([C@H]2CC(=O)Nc3nc(SCc4ccccc4F)[nH]c(=O)c32)cc1. The van der Waals surface area contributed by atoms with Crippen molar-refractivity contribution in [2.45, 2.75) is 23.2 Å². The number of aromatic nitrogens is 2. The van der Waals surface area contributed by atoms with Gasteiger partial charge in [-0.1, -0.05) is 42.1 Å². The van der Waals surface area contributed by atoms with Gasteiger partial charge in [-0.3, -0.25) is 14.4 Å². The number of amides is 2. The molecule has 32 heavy (non-hydrogen) atoms. The molecule has 2 aromatic carbocycles. The third kappa shape index (κ3) is 4.80. The number of carbonyl (C=O) groups is 2. The van der Waals surface area contributed by atoms with Crippen LogP contribution in [0, 0.1) is 5.82 Å². The molecule has 4 rings (SSSR count). The number of nitrogens with two attached hydrogens (primary N) is 1. The first-order valence-corrected chi connectivity index (χ1v) is 10.7. The molecule has 0 unspecified atom stereocenters.